The summed E-state index contributed by atoms with van der Waals surface area (Å²) in [6.07, 6.45) is 3.76. The Morgan fingerprint density at radius 3 is 2.61 bits per heavy atom. The van der Waals surface area contributed by atoms with Crippen LogP contribution in [0.5, 0.6) is 0 Å². The summed E-state index contributed by atoms with van der Waals surface area (Å²) in [5, 5.41) is 0. The highest BCUT2D eigenvalue weighted by Crippen LogP contribution is 2.20. The summed E-state index contributed by atoms with van der Waals surface area (Å²) in [6.45, 7) is 7.37. The Bertz CT molecular complexity index is 324. The van der Waals surface area contributed by atoms with Gasteiger partial charge >= 0.3 is 0 Å². The molecule has 0 aromatic carbocycles. The Balaban J connectivity index is 1.94. The van der Waals surface area contributed by atoms with Crippen LogP contribution < -0.4 is 0 Å². The molecule has 2 aliphatic heterocycles. The molecule has 0 aliphatic carbocycles. The van der Waals surface area contributed by atoms with Gasteiger partial charge in [-0.05, 0) is 26.2 Å². The van der Waals surface area contributed by atoms with Crippen molar-refractivity contribution in [3.63, 3.8) is 0 Å². The zero-order chi connectivity index (χ0) is 13.1. The fraction of sp³-hybridized carbons (Fsp3) is 0.857. The molecule has 1 amide bonds. The van der Waals surface area contributed by atoms with Crippen LogP contribution in [0.1, 0.15) is 39.5 Å². The van der Waals surface area contributed by atoms with E-state index in [9.17, 15) is 9.59 Å². The monoisotopic (exact) mass is 252 g/mol. The van der Waals surface area contributed by atoms with Crippen LogP contribution in [0.25, 0.3) is 0 Å². The van der Waals surface area contributed by atoms with Gasteiger partial charge in [0.1, 0.15) is 5.78 Å². The molecule has 2 unspecified atom stereocenters. The van der Waals surface area contributed by atoms with Crippen molar-refractivity contribution in [3.05, 3.63) is 0 Å². The third kappa shape index (κ3) is 2.74. The first-order valence-corrected chi connectivity index (χ1v) is 7.19. The number of piperidine rings is 1. The smallest absolute Gasteiger partial charge is 0.239 e. The van der Waals surface area contributed by atoms with E-state index in [2.05, 4.69) is 11.8 Å². The average Bonchev–Trinajstić information content (AvgIpc) is 2.91. The molecular formula is C14H24N2O2. The van der Waals surface area contributed by atoms with Crippen molar-refractivity contribution in [2.45, 2.75) is 45.6 Å². The molecular weight excluding hydrogens is 228 g/mol. The van der Waals surface area contributed by atoms with Crippen molar-refractivity contribution in [1.82, 2.24) is 9.80 Å². The summed E-state index contributed by atoms with van der Waals surface area (Å²) in [7, 11) is 0. The van der Waals surface area contributed by atoms with Crippen LogP contribution in [0.3, 0.4) is 0 Å². The highest BCUT2D eigenvalue weighted by Gasteiger charge is 2.33. The van der Waals surface area contributed by atoms with E-state index in [4.69, 9.17) is 0 Å². The number of hydrogen-bond acceptors (Lipinski definition) is 3. The van der Waals surface area contributed by atoms with E-state index in [1.54, 1.807) is 0 Å². The SMILES string of the molecule is CCC1CN(C(C)C(=O)N2CCCC2)CCC1=O. The zero-order valence-corrected chi connectivity index (χ0v) is 11.5. The van der Waals surface area contributed by atoms with Gasteiger partial charge in [0.15, 0.2) is 0 Å². The normalized spacial score (nSPS) is 27.6. The molecule has 18 heavy (non-hydrogen) atoms. The van der Waals surface area contributed by atoms with Gasteiger partial charge < -0.3 is 4.90 Å². The third-order valence-electron chi connectivity index (χ3n) is 4.37. The molecule has 0 bridgehead atoms. The van der Waals surface area contributed by atoms with Crippen LogP contribution in [0.15, 0.2) is 0 Å². The number of Topliss-reactive ketones (excluding diaryl/α,β-unsaturated/α-hetero) is 1. The predicted octanol–water partition coefficient (Wildman–Crippen LogP) is 1.30. The standard InChI is InChI=1S/C14H24N2O2/c1-3-12-10-16(9-6-13(12)17)11(2)14(18)15-7-4-5-8-15/h11-12H,3-10H2,1-2H3. The highest BCUT2D eigenvalue weighted by atomic mass is 16.2. The fourth-order valence-electron chi connectivity index (χ4n) is 3.00. The topological polar surface area (TPSA) is 40.6 Å². The van der Waals surface area contributed by atoms with Crippen molar-refractivity contribution >= 4 is 11.7 Å². The maximum absolute atomic E-state index is 12.3. The van der Waals surface area contributed by atoms with Crippen LogP contribution in [-0.4, -0.2) is 53.7 Å². The number of ketones is 1. The molecule has 2 atom stereocenters. The first-order chi connectivity index (χ1) is 8.63. The minimum absolute atomic E-state index is 0.0646. The van der Waals surface area contributed by atoms with Crippen LogP contribution in [-0.2, 0) is 9.59 Å². The van der Waals surface area contributed by atoms with E-state index in [1.165, 1.54) is 0 Å². The van der Waals surface area contributed by atoms with E-state index >= 15 is 0 Å². The van der Waals surface area contributed by atoms with E-state index < -0.39 is 0 Å². The number of amides is 1. The van der Waals surface area contributed by atoms with Gasteiger partial charge in [-0.15, -0.1) is 0 Å². The molecule has 4 heteroatoms. The summed E-state index contributed by atoms with van der Waals surface area (Å²) in [5.74, 6) is 0.749. The summed E-state index contributed by atoms with van der Waals surface area (Å²) in [4.78, 5) is 28.2. The molecule has 0 aromatic heterocycles. The Morgan fingerprint density at radius 2 is 2.00 bits per heavy atom. The first kappa shape index (κ1) is 13.5. The van der Waals surface area contributed by atoms with Gasteiger partial charge in [0.2, 0.25) is 5.91 Å². The van der Waals surface area contributed by atoms with Crippen LogP contribution >= 0.6 is 0 Å². The zero-order valence-electron chi connectivity index (χ0n) is 11.5. The van der Waals surface area contributed by atoms with Crippen molar-refractivity contribution in [3.8, 4) is 0 Å². The Hall–Kier alpha value is -0.900. The lowest BCUT2D eigenvalue weighted by Gasteiger charge is -2.36. The Kier molecular flexibility index (Phi) is 4.38. The highest BCUT2D eigenvalue weighted by molar-refractivity contribution is 5.84. The van der Waals surface area contributed by atoms with Crippen molar-refractivity contribution in [2.75, 3.05) is 26.2 Å². The maximum atomic E-state index is 12.3. The van der Waals surface area contributed by atoms with Crippen LogP contribution in [0, 0.1) is 5.92 Å². The Labute approximate surface area is 109 Å². The summed E-state index contributed by atoms with van der Waals surface area (Å²) in [6, 6.07) is -0.0646. The lowest BCUT2D eigenvalue weighted by Crippen LogP contribution is -2.51. The minimum Gasteiger partial charge on any atom is -0.341 e. The molecule has 0 aromatic rings. The molecule has 2 fully saturated rings. The fourth-order valence-corrected chi connectivity index (χ4v) is 3.00. The van der Waals surface area contributed by atoms with E-state index in [1.807, 2.05) is 11.8 Å². The molecule has 2 heterocycles. The number of rotatable bonds is 3. The largest absolute Gasteiger partial charge is 0.341 e. The molecule has 2 rings (SSSR count). The van der Waals surface area contributed by atoms with Gasteiger partial charge in [-0.25, -0.2) is 0 Å². The average molecular weight is 252 g/mol. The van der Waals surface area contributed by atoms with E-state index in [0.29, 0.717) is 12.2 Å². The van der Waals surface area contributed by atoms with Crippen molar-refractivity contribution in [2.24, 2.45) is 5.92 Å². The molecule has 0 spiro atoms. The number of carbonyl (C=O) groups excluding carboxylic acids is 2. The van der Waals surface area contributed by atoms with E-state index in [-0.39, 0.29) is 17.9 Å². The molecule has 0 N–H and O–H groups in total. The number of likely N-dealkylation sites (tertiary alicyclic amines) is 2. The van der Waals surface area contributed by atoms with Crippen LogP contribution in [0.2, 0.25) is 0 Å². The van der Waals surface area contributed by atoms with Gasteiger partial charge in [0.25, 0.3) is 0 Å². The first-order valence-electron chi connectivity index (χ1n) is 7.19. The lowest BCUT2D eigenvalue weighted by atomic mass is 9.93. The molecule has 4 nitrogen and oxygen atoms in total. The molecule has 102 valence electrons. The number of hydrogen-bond donors (Lipinski definition) is 0. The van der Waals surface area contributed by atoms with Gasteiger partial charge in [-0.2, -0.15) is 0 Å². The summed E-state index contributed by atoms with van der Waals surface area (Å²) in [5.41, 5.74) is 0. The molecule has 0 saturated carbocycles. The molecule has 2 saturated heterocycles. The molecule has 2 aliphatic rings. The minimum atomic E-state index is -0.0646. The lowest BCUT2D eigenvalue weighted by molar-refractivity contribution is -0.138. The summed E-state index contributed by atoms with van der Waals surface area (Å²) < 4.78 is 0. The quantitative estimate of drug-likeness (QED) is 0.760. The second kappa shape index (κ2) is 5.83. The van der Waals surface area contributed by atoms with Crippen molar-refractivity contribution in [1.29, 1.82) is 0 Å². The van der Waals surface area contributed by atoms with Crippen LogP contribution in [0.4, 0.5) is 0 Å². The van der Waals surface area contributed by atoms with Gasteiger partial charge in [-0.1, -0.05) is 6.92 Å². The summed E-state index contributed by atoms with van der Waals surface area (Å²) >= 11 is 0. The van der Waals surface area contributed by atoms with Crippen molar-refractivity contribution < 1.29 is 9.59 Å². The third-order valence-corrected chi connectivity index (χ3v) is 4.37. The second-order valence-electron chi connectivity index (χ2n) is 5.52. The van der Waals surface area contributed by atoms with E-state index in [0.717, 1.165) is 45.4 Å². The number of carbonyl (C=O) groups is 2. The number of nitrogens with zero attached hydrogens (tertiary/aromatic N) is 2. The maximum Gasteiger partial charge on any atom is 0.239 e. The predicted molar refractivity (Wildman–Crippen MR) is 70.3 cm³/mol. The van der Waals surface area contributed by atoms with Gasteiger partial charge in [0, 0.05) is 38.5 Å². The van der Waals surface area contributed by atoms with Gasteiger partial charge in [0.05, 0.1) is 6.04 Å². The Morgan fingerprint density at radius 1 is 1.33 bits per heavy atom. The van der Waals surface area contributed by atoms with Gasteiger partial charge in [-0.3, -0.25) is 14.5 Å². The second-order valence-corrected chi connectivity index (χ2v) is 5.52. The molecule has 0 radical (unpaired) electrons.